The summed E-state index contributed by atoms with van der Waals surface area (Å²) in [6.45, 7) is 15.7. The Labute approximate surface area is 252 Å². The van der Waals surface area contributed by atoms with Crippen LogP contribution in [0.4, 0.5) is 4.79 Å². The number of fused-ring (bicyclic) bond motifs is 7. The monoisotopic (exact) mass is 576 g/mol. The van der Waals surface area contributed by atoms with Gasteiger partial charge in [-0.05, 0) is 110 Å². The van der Waals surface area contributed by atoms with Crippen molar-refractivity contribution < 1.29 is 19.1 Å². The predicted molar refractivity (Wildman–Crippen MR) is 161 cm³/mol. The van der Waals surface area contributed by atoms with Crippen molar-refractivity contribution in [1.29, 1.82) is 5.26 Å². The number of carbonyl (C=O) groups is 3. The second-order valence-corrected chi connectivity index (χ2v) is 17.3. The van der Waals surface area contributed by atoms with Gasteiger partial charge >= 0.3 is 6.09 Å². The zero-order valence-electron chi connectivity index (χ0n) is 27.0. The lowest BCUT2D eigenvalue weighted by atomic mass is 9.32. The smallest absolute Gasteiger partial charge is 0.407 e. The Morgan fingerprint density at radius 3 is 2.24 bits per heavy atom. The molecule has 6 aliphatic carbocycles. The zero-order chi connectivity index (χ0) is 30.5. The van der Waals surface area contributed by atoms with Gasteiger partial charge in [0.25, 0.3) is 0 Å². The van der Waals surface area contributed by atoms with Gasteiger partial charge in [-0.15, -0.1) is 0 Å². The van der Waals surface area contributed by atoms with Crippen LogP contribution in [-0.2, 0) is 14.3 Å². The van der Waals surface area contributed by atoms with E-state index in [1.165, 1.54) is 0 Å². The molecule has 0 saturated heterocycles. The lowest BCUT2D eigenvalue weighted by molar-refractivity contribution is -0.214. The van der Waals surface area contributed by atoms with Crippen LogP contribution in [-0.4, -0.2) is 29.3 Å². The Morgan fingerprint density at radius 1 is 0.905 bits per heavy atom. The molecule has 0 aliphatic heterocycles. The van der Waals surface area contributed by atoms with E-state index in [2.05, 4.69) is 46.0 Å². The van der Waals surface area contributed by atoms with E-state index in [0.29, 0.717) is 12.2 Å². The van der Waals surface area contributed by atoms with Crippen LogP contribution in [0.2, 0.25) is 0 Å². The molecule has 6 aliphatic rings. The molecule has 230 valence electrons. The number of nitriles is 1. The number of nitrogens with one attached hydrogen (secondary N) is 1. The van der Waals surface area contributed by atoms with Crippen LogP contribution in [0.25, 0.3) is 0 Å². The number of allylic oxidation sites excluding steroid dienone is 2. The first-order valence-electron chi connectivity index (χ1n) is 16.7. The summed E-state index contributed by atoms with van der Waals surface area (Å²) >= 11 is 0. The topological polar surface area (TPSA) is 96.3 Å². The molecule has 8 atom stereocenters. The van der Waals surface area contributed by atoms with Crippen LogP contribution in [0.1, 0.15) is 126 Å². The van der Waals surface area contributed by atoms with Crippen molar-refractivity contribution in [3.8, 4) is 6.07 Å². The van der Waals surface area contributed by atoms with Crippen molar-refractivity contribution in [3.05, 3.63) is 11.6 Å². The normalized spacial score (nSPS) is 45.8. The Morgan fingerprint density at radius 2 is 1.57 bits per heavy atom. The Kier molecular flexibility index (Phi) is 6.70. The molecule has 0 unspecified atom stereocenters. The lowest BCUT2D eigenvalue weighted by Crippen LogP contribution is -2.72. The van der Waals surface area contributed by atoms with Crippen molar-refractivity contribution in [3.63, 3.8) is 0 Å². The number of Topliss-reactive ketones (excluding diaryl/α,β-unsaturated/α-hetero) is 2. The van der Waals surface area contributed by atoms with Gasteiger partial charge in [0.05, 0.1) is 5.57 Å². The fourth-order valence-electron chi connectivity index (χ4n) is 11.9. The van der Waals surface area contributed by atoms with Gasteiger partial charge in [0.1, 0.15) is 18.0 Å². The number of ether oxygens (including phenoxy) is 1. The number of carbonyl (C=O) groups excluding carboxylic acids is 3. The molecule has 42 heavy (non-hydrogen) atoms. The highest BCUT2D eigenvalue weighted by Gasteiger charge is 2.72. The summed E-state index contributed by atoms with van der Waals surface area (Å²) in [6, 6.07) is 2.22. The SMILES string of the molecule is CC1(C)CC[C@]2(NC(=O)OC3CCCC3)CC[C@]3(C)[C@H](C(=O)C[C@@H]4[C@@]5(C)C=C(C#N)C(=O)C(C)(C)[C@@H]5CC[C@]43C)[C@@H]2C1. The Hall–Kier alpha value is -2.16. The molecular weight excluding hydrogens is 524 g/mol. The summed E-state index contributed by atoms with van der Waals surface area (Å²) in [4.78, 5) is 41.4. The quantitative estimate of drug-likeness (QED) is 0.363. The Bertz CT molecular complexity index is 1270. The summed E-state index contributed by atoms with van der Waals surface area (Å²) in [5.74, 6) is 0.380. The van der Waals surface area contributed by atoms with Crippen LogP contribution in [0.5, 0.6) is 0 Å². The van der Waals surface area contributed by atoms with Crippen molar-refractivity contribution in [2.75, 3.05) is 0 Å². The summed E-state index contributed by atoms with van der Waals surface area (Å²) in [6.07, 6.45) is 12.8. The van der Waals surface area contributed by atoms with Crippen LogP contribution in [0.15, 0.2) is 11.6 Å². The van der Waals surface area contributed by atoms with E-state index in [1.54, 1.807) is 0 Å². The van der Waals surface area contributed by atoms with Crippen molar-refractivity contribution in [1.82, 2.24) is 5.32 Å². The molecule has 6 nitrogen and oxygen atoms in total. The van der Waals surface area contributed by atoms with Crippen molar-refractivity contribution in [2.45, 2.75) is 137 Å². The van der Waals surface area contributed by atoms with E-state index < -0.39 is 16.4 Å². The number of hydrogen-bond donors (Lipinski definition) is 1. The highest BCUT2D eigenvalue weighted by molar-refractivity contribution is 6.04. The first-order chi connectivity index (χ1) is 19.5. The van der Waals surface area contributed by atoms with Crippen molar-refractivity contribution in [2.24, 2.45) is 50.7 Å². The highest BCUT2D eigenvalue weighted by Crippen LogP contribution is 2.74. The number of amides is 1. The summed E-state index contributed by atoms with van der Waals surface area (Å²) in [5, 5.41) is 13.4. The van der Waals surface area contributed by atoms with Gasteiger partial charge in [-0.25, -0.2) is 4.79 Å². The van der Waals surface area contributed by atoms with E-state index in [4.69, 9.17) is 4.74 Å². The van der Waals surface area contributed by atoms with Crippen LogP contribution < -0.4 is 5.32 Å². The minimum absolute atomic E-state index is 0.0126. The first kappa shape index (κ1) is 29.9. The third kappa shape index (κ3) is 4.03. The fraction of sp³-hybridized carbons (Fsp3) is 0.833. The van der Waals surface area contributed by atoms with Gasteiger partial charge in [0.2, 0.25) is 0 Å². The highest BCUT2D eigenvalue weighted by atomic mass is 16.6. The molecule has 6 heteroatoms. The average Bonchev–Trinajstić information content (AvgIpc) is 3.41. The predicted octanol–water partition coefficient (Wildman–Crippen LogP) is 7.71. The number of alkyl carbamates (subject to hydrolysis) is 1. The second kappa shape index (κ2) is 9.42. The molecule has 5 fully saturated rings. The van der Waals surface area contributed by atoms with Gasteiger partial charge in [-0.1, -0.05) is 54.5 Å². The van der Waals surface area contributed by atoms with E-state index in [0.717, 1.165) is 70.6 Å². The fourth-order valence-corrected chi connectivity index (χ4v) is 11.9. The van der Waals surface area contributed by atoms with Gasteiger partial charge in [0, 0.05) is 23.3 Å². The minimum atomic E-state index is -0.630. The summed E-state index contributed by atoms with van der Waals surface area (Å²) < 4.78 is 5.93. The Balaban J connectivity index is 1.39. The standard InChI is InChI=1S/C36H52N2O4/c1-31(2)14-16-36(38-30(41)42-23-10-8-9-11-23)17-15-35(7)28(24(36)20-31)25(39)18-27-33(5)19-22(21-37)29(40)32(3,4)26(33)12-13-34(27,35)6/h19,23-24,26-28H,8-18,20H2,1-7H3,(H,38,41)/t24-,26-,27+,28-,33-,34+,35+,36-/m0/s1. The number of nitrogens with zero attached hydrogens (tertiary/aromatic N) is 1. The molecule has 0 heterocycles. The van der Waals surface area contributed by atoms with Crippen LogP contribution >= 0.6 is 0 Å². The van der Waals surface area contributed by atoms with Crippen LogP contribution in [0, 0.1) is 62.1 Å². The molecule has 0 aromatic heterocycles. The van der Waals surface area contributed by atoms with E-state index in [-0.39, 0.29) is 63.5 Å². The summed E-state index contributed by atoms with van der Waals surface area (Å²) in [7, 11) is 0. The van der Waals surface area contributed by atoms with Gasteiger partial charge < -0.3 is 10.1 Å². The molecule has 0 spiro atoms. The number of hydrogen-bond acceptors (Lipinski definition) is 5. The maximum atomic E-state index is 14.7. The molecule has 1 N–H and O–H groups in total. The maximum absolute atomic E-state index is 14.7. The molecular formula is C36H52N2O4. The minimum Gasteiger partial charge on any atom is -0.446 e. The third-order valence-electron chi connectivity index (χ3n) is 14.4. The van der Waals surface area contributed by atoms with Gasteiger partial charge in [-0.2, -0.15) is 5.26 Å². The average molecular weight is 577 g/mol. The van der Waals surface area contributed by atoms with E-state index >= 15 is 0 Å². The van der Waals surface area contributed by atoms with Gasteiger partial charge in [-0.3, -0.25) is 9.59 Å². The molecule has 0 aromatic carbocycles. The van der Waals surface area contributed by atoms with E-state index in [1.807, 2.05) is 19.9 Å². The third-order valence-corrected chi connectivity index (χ3v) is 14.4. The second-order valence-electron chi connectivity index (χ2n) is 17.3. The number of rotatable bonds is 2. The molecule has 0 bridgehead atoms. The molecule has 1 amide bonds. The van der Waals surface area contributed by atoms with E-state index in [9.17, 15) is 19.6 Å². The number of ketones is 2. The summed E-state index contributed by atoms with van der Waals surface area (Å²) in [5.41, 5.74) is -1.43. The molecule has 6 rings (SSSR count). The lowest BCUT2D eigenvalue weighted by Gasteiger charge is -2.72. The zero-order valence-corrected chi connectivity index (χ0v) is 27.0. The molecule has 5 saturated carbocycles. The maximum Gasteiger partial charge on any atom is 0.407 e. The molecule has 0 radical (unpaired) electrons. The molecule has 0 aromatic rings. The van der Waals surface area contributed by atoms with Crippen LogP contribution in [0.3, 0.4) is 0 Å². The van der Waals surface area contributed by atoms with Gasteiger partial charge in [0.15, 0.2) is 5.78 Å². The van der Waals surface area contributed by atoms with Crippen molar-refractivity contribution >= 4 is 17.7 Å². The first-order valence-corrected chi connectivity index (χ1v) is 16.7. The largest absolute Gasteiger partial charge is 0.446 e.